The molecule has 0 spiro atoms. The van der Waals surface area contributed by atoms with Crippen LogP contribution in [0.1, 0.15) is 12.5 Å². The predicted molar refractivity (Wildman–Crippen MR) is 54.0 cm³/mol. The molecule has 0 fully saturated rings. The number of rotatable bonds is 1. The Morgan fingerprint density at radius 2 is 2.33 bits per heavy atom. The lowest BCUT2D eigenvalue weighted by atomic mass is 10.2. The van der Waals surface area contributed by atoms with Crippen LogP contribution in [0.15, 0.2) is 17.6 Å². The highest BCUT2D eigenvalue weighted by molar-refractivity contribution is 7.16. The summed E-state index contributed by atoms with van der Waals surface area (Å²) in [5.41, 5.74) is 4.03. The monoisotopic (exact) mass is 197 g/mol. The molecule has 0 aliphatic heterocycles. The zero-order valence-electron chi connectivity index (χ0n) is 6.67. The molecule has 1 aromatic heterocycles. The van der Waals surface area contributed by atoms with Crippen molar-refractivity contribution in [2.24, 2.45) is 0 Å². The molecule has 2 aromatic rings. The summed E-state index contributed by atoms with van der Waals surface area (Å²) >= 11 is 7.66. The van der Waals surface area contributed by atoms with Crippen LogP contribution >= 0.6 is 22.9 Å². The van der Waals surface area contributed by atoms with Crippen molar-refractivity contribution >= 4 is 33.2 Å². The van der Waals surface area contributed by atoms with Gasteiger partial charge in [-0.25, -0.2) is 4.98 Å². The molecular formula is C9H8ClNS. The second-order valence-electron chi connectivity index (χ2n) is 2.63. The fourth-order valence-corrected chi connectivity index (χ4v) is 2.29. The molecule has 0 unspecified atom stereocenters. The maximum Gasteiger partial charge on any atom is 0.0998 e. The summed E-state index contributed by atoms with van der Waals surface area (Å²) in [7, 11) is 0. The van der Waals surface area contributed by atoms with Crippen molar-refractivity contribution in [3.63, 3.8) is 0 Å². The van der Waals surface area contributed by atoms with Crippen molar-refractivity contribution in [3.05, 3.63) is 28.2 Å². The maximum absolute atomic E-state index is 6.03. The van der Waals surface area contributed by atoms with E-state index in [9.17, 15) is 0 Å². The third-order valence-corrected chi connectivity index (χ3v) is 2.92. The molecule has 3 heteroatoms. The van der Waals surface area contributed by atoms with Crippen molar-refractivity contribution in [2.75, 3.05) is 0 Å². The van der Waals surface area contributed by atoms with E-state index in [-0.39, 0.29) is 0 Å². The summed E-state index contributed by atoms with van der Waals surface area (Å²) in [6.45, 7) is 2.12. The van der Waals surface area contributed by atoms with Crippen LogP contribution in [0.4, 0.5) is 0 Å². The summed E-state index contributed by atoms with van der Waals surface area (Å²) < 4.78 is 1.18. The number of thiazole rings is 1. The maximum atomic E-state index is 6.03. The summed E-state index contributed by atoms with van der Waals surface area (Å²) in [6, 6.07) is 4.14. The highest BCUT2D eigenvalue weighted by atomic mass is 35.5. The number of nitrogens with zero attached hydrogens (tertiary/aromatic N) is 1. The highest BCUT2D eigenvalue weighted by Crippen LogP contribution is 2.27. The molecule has 0 saturated heterocycles. The van der Waals surface area contributed by atoms with Crippen LogP contribution < -0.4 is 0 Å². The molecule has 1 heterocycles. The number of fused-ring (bicyclic) bond motifs is 1. The Kier molecular flexibility index (Phi) is 2.03. The second-order valence-corrected chi connectivity index (χ2v) is 3.92. The van der Waals surface area contributed by atoms with Crippen molar-refractivity contribution < 1.29 is 0 Å². The number of hydrogen-bond acceptors (Lipinski definition) is 2. The average Bonchev–Trinajstić information content (AvgIpc) is 2.52. The van der Waals surface area contributed by atoms with E-state index in [4.69, 9.17) is 11.6 Å². The van der Waals surface area contributed by atoms with Gasteiger partial charge in [-0.15, -0.1) is 11.3 Å². The Bertz CT molecular complexity index is 408. The fraction of sp³-hybridized carbons (Fsp3) is 0.222. The number of aryl methyl sites for hydroxylation is 1. The van der Waals surface area contributed by atoms with Crippen LogP contribution in [0.5, 0.6) is 0 Å². The number of hydrogen-bond donors (Lipinski definition) is 0. The van der Waals surface area contributed by atoms with Crippen LogP contribution in [-0.4, -0.2) is 4.98 Å². The third-order valence-electron chi connectivity index (χ3n) is 1.86. The molecule has 62 valence electrons. The van der Waals surface area contributed by atoms with Gasteiger partial charge < -0.3 is 0 Å². The van der Waals surface area contributed by atoms with Crippen LogP contribution in [-0.2, 0) is 6.42 Å². The van der Waals surface area contributed by atoms with E-state index in [1.807, 2.05) is 11.6 Å². The largest absolute Gasteiger partial charge is 0.243 e. The first-order valence-electron chi connectivity index (χ1n) is 3.83. The van der Waals surface area contributed by atoms with E-state index in [0.717, 1.165) is 17.0 Å². The standard InChI is InChI=1S/C9H8ClNS/c1-2-6-3-7(10)9-8(4-6)12-5-11-9/h3-5H,2H2,1H3. The van der Waals surface area contributed by atoms with Gasteiger partial charge in [-0.05, 0) is 24.1 Å². The lowest BCUT2D eigenvalue weighted by Crippen LogP contribution is -1.79. The van der Waals surface area contributed by atoms with Gasteiger partial charge in [0.05, 0.1) is 20.7 Å². The first-order chi connectivity index (χ1) is 5.81. The van der Waals surface area contributed by atoms with Crippen LogP contribution in [0.2, 0.25) is 5.02 Å². The molecule has 0 amide bonds. The molecule has 2 rings (SSSR count). The van der Waals surface area contributed by atoms with Crippen molar-refractivity contribution in [3.8, 4) is 0 Å². The van der Waals surface area contributed by atoms with Gasteiger partial charge in [-0.1, -0.05) is 18.5 Å². The molecule has 0 N–H and O–H groups in total. The Labute approximate surface area is 80.0 Å². The Morgan fingerprint density at radius 1 is 1.50 bits per heavy atom. The molecule has 1 nitrogen and oxygen atoms in total. The topological polar surface area (TPSA) is 12.9 Å². The smallest absolute Gasteiger partial charge is 0.0998 e. The van der Waals surface area contributed by atoms with Gasteiger partial charge in [0.1, 0.15) is 0 Å². The van der Waals surface area contributed by atoms with Gasteiger partial charge in [0, 0.05) is 0 Å². The summed E-state index contributed by atoms with van der Waals surface area (Å²) in [5, 5.41) is 0.769. The van der Waals surface area contributed by atoms with Crippen molar-refractivity contribution in [2.45, 2.75) is 13.3 Å². The first kappa shape index (κ1) is 8.02. The third kappa shape index (κ3) is 1.21. The first-order valence-corrected chi connectivity index (χ1v) is 5.08. The molecule has 0 aliphatic carbocycles. The molecule has 0 bridgehead atoms. The molecule has 0 aliphatic rings. The summed E-state index contributed by atoms with van der Waals surface area (Å²) in [5.74, 6) is 0. The van der Waals surface area contributed by atoms with Crippen molar-refractivity contribution in [1.82, 2.24) is 4.98 Å². The van der Waals surface area contributed by atoms with Gasteiger partial charge >= 0.3 is 0 Å². The van der Waals surface area contributed by atoms with E-state index in [1.165, 1.54) is 10.3 Å². The predicted octanol–water partition coefficient (Wildman–Crippen LogP) is 3.51. The fourth-order valence-electron chi connectivity index (χ4n) is 1.18. The van der Waals surface area contributed by atoms with Gasteiger partial charge in [-0.3, -0.25) is 0 Å². The van der Waals surface area contributed by atoms with Gasteiger partial charge in [0.25, 0.3) is 0 Å². The summed E-state index contributed by atoms with van der Waals surface area (Å²) in [4.78, 5) is 4.18. The van der Waals surface area contributed by atoms with Crippen LogP contribution in [0.25, 0.3) is 10.2 Å². The second kappa shape index (κ2) is 3.04. The number of halogens is 1. The Balaban J connectivity index is 2.75. The van der Waals surface area contributed by atoms with E-state index in [0.29, 0.717) is 0 Å². The normalized spacial score (nSPS) is 10.8. The van der Waals surface area contributed by atoms with E-state index in [2.05, 4.69) is 18.0 Å². The molecule has 12 heavy (non-hydrogen) atoms. The SMILES string of the molecule is CCc1cc(Cl)c2ncsc2c1. The quantitative estimate of drug-likeness (QED) is 0.682. The minimum atomic E-state index is 0.769. The van der Waals surface area contributed by atoms with E-state index in [1.54, 1.807) is 11.3 Å². The highest BCUT2D eigenvalue weighted by Gasteiger charge is 2.02. The van der Waals surface area contributed by atoms with Crippen LogP contribution in [0.3, 0.4) is 0 Å². The molecule has 1 aromatic carbocycles. The minimum Gasteiger partial charge on any atom is -0.243 e. The molecule has 0 atom stereocenters. The van der Waals surface area contributed by atoms with E-state index >= 15 is 0 Å². The molecule has 0 saturated carbocycles. The van der Waals surface area contributed by atoms with E-state index < -0.39 is 0 Å². The lowest BCUT2D eigenvalue weighted by molar-refractivity contribution is 1.15. The van der Waals surface area contributed by atoms with Gasteiger partial charge in [0.15, 0.2) is 0 Å². The lowest BCUT2D eigenvalue weighted by Gasteiger charge is -1.97. The minimum absolute atomic E-state index is 0.769. The zero-order chi connectivity index (χ0) is 8.55. The molecule has 0 radical (unpaired) electrons. The van der Waals surface area contributed by atoms with Gasteiger partial charge in [-0.2, -0.15) is 0 Å². The average molecular weight is 198 g/mol. The molecular weight excluding hydrogens is 190 g/mol. The number of benzene rings is 1. The van der Waals surface area contributed by atoms with Crippen LogP contribution in [0, 0.1) is 0 Å². The zero-order valence-corrected chi connectivity index (χ0v) is 8.25. The Hall–Kier alpha value is -0.600. The Morgan fingerprint density at radius 3 is 3.08 bits per heavy atom. The summed E-state index contributed by atoms with van der Waals surface area (Å²) in [6.07, 6.45) is 1.02. The van der Waals surface area contributed by atoms with Crippen molar-refractivity contribution in [1.29, 1.82) is 0 Å². The number of aromatic nitrogens is 1. The van der Waals surface area contributed by atoms with Gasteiger partial charge in [0.2, 0.25) is 0 Å².